The minimum atomic E-state index is -3.87. The van der Waals surface area contributed by atoms with Crippen LogP contribution in [-0.4, -0.2) is 28.5 Å². The molecule has 0 heterocycles. The fourth-order valence-corrected chi connectivity index (χ4v) is 3.34. The van der Waals surface area contributed by atoms with Crippen LogP contribution in [0.3, 0.4) is 0 Å². The lowest BCUT2D eigenvalue weighted by atomic mass is 10.1. The van der Waals surface area contributed by atoms with Gasteiger partial charge in [-0.1, -0.05) is 12.1 Å². The number of carbonyl (C=O) groups is 1. The third-order valence-corrected chi connectivity index (χ3v) is 4.65. The van der Waals surface area contributed by atoms with Gasteiger partial charge < -0.3 is 15.2 Å². The van der Waals surface area contributed by atoms with Crippen LogP contribution >= 0.6 is 0 Å². The summed E-state index contributed by atoms with van der Waals surface area (Å²) in [6.07, 6.45) is 0.0940. The molecule has 3 N–H and O–H groups in total. The summed E-state index contributed by atoms with van der Waals surface area (Å²) >= 11 is 0. The first-order valence-electron chi connectivity index (χ1n) is 6.98. The smallest absolute Gasteiger partial charge is 0.265 e. The van der Waals surface area contributed by atoms with E-state index in [1.807, 2.05) is 0 Å². The highest BCUT2D eigenvalue weighted by Gasteiger charge is 2.20. The molecule has 7 nitrogen and oxygen atoms in total. The Balaban J connectivity index is 2.29. The van der Waals surface area contributed by atoms with E-state index in [0.29, 0.717) is 17.0 Å². The number of nitrogens with two attached hydrogens (primary N) is 1. The Bertz CT molecular complexity index is 832. The van der Waals surface area contributed by atoms with Gasteiger partial charge in [-0.25, -0.2) is 8.42 Å². The molecule has 8 heteroatoms. The first kappa shape index (κ1) is 17.6. The lowest BCUT2D eigenvalue weighted by Crippen LogP contribution is -2.15. The van der Waals surface area contributed by atoms with Crippen LogP contribution in [0.25, 0.3) is 0 Å². The fourth-order valence-electron chi connectivity index (χ4n) is 2.10. The van der Waals surface area contributed by atoms with E-state index in [9.17, 15) is 13.2 Å². The summed E-state index contributed by atoms with van der Waals surface area (Å²) in [7, 11) is -1.04. The number of ether oxygens (including phenoxy) is 2. The van der Waals surface area contributed by atoms with Crippen LogP contribution in [0.5, 0.6) is 11.5 Å². The minimum Gasteiger partial charge on any atom is -0.497 e. The third kappa shape index (κ3) is 4.17. The lowest BCUT2D eigenvalue weighted by Gasteiger charge is -2.13. The van der Waals surface area contributed by atoms with E-state index in [1.54, 1.807) is 30.3 Å². The maximum Gasteiger partial charge on any atom is 0.265 e. The number of benzene rings is 2. The Morgan fingerprint density at radius 3 is 2.29 bits per heavy atom. The van der Waals surface area contributed by atoms with Crippen molar-refractivity contribution >= 4 is 21.6 Å². The van der Waals surface area contributed by atoms with E-state index in [2.05, 4.69) is 4.72 Å². The van der Waals surface area contributed by atoms with Gasteiger partial charge in [0.25, 0.3) is 10.0 Å². The Morgan fingerprint density at radius 1 is 1.08 bits per heavy atom. The van der Waals surface area contributed by atoms with Crippen LogP contribution in [0.2, 0.25) is 0 Å². The second kappa shape index (κ2) is 7.22. The van der Waals surface area contributed by atoms with Crippen molar-refractivity contribution in [2.24, 2.45) is 5.73 Å². The molecular formula is C16H18N2O5S. The molecule has 0 aliphatic carbocycles. The van der Waals surface area contributed by atoms with Gasteiger partial charge in [-0.15, -0.1) is 0 Å². The van der Waals surface area contributed by atoms with Crippen molar-refractivity contribution in [2.45, 2.75) is 11.3 Å². The Hall–Kier alpha value is -2.74. The number of sulfonamides is 1. The molecule has 128 valence electrons. The van der Waals surface area contributed by atoms with Crippen LogP contribution in [0.1, 0.15) is 5.56 Å². The van der Waals surface area contributed by atoms with Gasteiger partial charge in [0.1, 0.15) is 16.4 Å². The summed E-state index contributed by atoms with van der Waals surface area (Å²) in [5, 5.41) is 0. The molecule has 2 aromatic carbocycles. The zero-order chi connectivity index (χ0) is 17.7. The molecular weight excluding hydrogens is 332 g/mol. The lowest BCUT2D eigenvalue weighted by molar-refractivity contribution is -0.117. The molecule has 2 rings (SSSR count). The monoisotopic (exact) mass is 350 g/mol. The first-order chi connectivity index (χ1) is 11.4. The third-order valence-electron chi connectivity index (χ3n) is 3.24. The molecule has 0 aliphatic heterocycles. The van der Waals surface area contributed by atoms with Gasteiger partial charge in [0.15, 0.2) is 0 Å². The number of rotatable bonds is 7. The fraction of sp³-hybridized carbons (Fsp3) is 0.188. The van der Waals surface area contributed by atoms with Crippen molar-refractivity contribution in [2.75, 3.05) is 18.9 Å². The molecule has 1 amide bonds. The number of hydrogen-bond acceptors (Lipinski definition) is 5. The van der Waals surface area contributed by atoms with E-state index in [0.717, 1.165) is 0 Å². The van der Waals surface area contributed by atoms with Gasteiger partial charge in [-0.05, 0) is 29.8 Å². The number of primary amides is 1. The summed E-state index contributed by atoms with van der Waals surface area (Å²) in [4.78, 5) is 10.8. The number of methoxy groups -OCH3 is 2. The largest absolute Gasteiger partial charge is 0.497 e. The quantitative estimate of drug-likeness (QED) is 0.787. The maximum atomic E-state index is 12.6. The van der Waals surface area contributed by atoms with Crippen molar-refractivity contribution in [3.05, 3.63) is 48.0 Å². The highest BCUT2D eigenvalue weighted by Crippen LogP contribution is 2.29. The van der Waals surface area contributed by atoms with E-state index in [4.69, 9.17) is 15.2 Å². The van der Waals surface area contributed by atoms with Crippen molar-refractivity contribution in [3.8, 4) is 11.5 Å². The molecule has 0 aliphatic rings. The van der Waals surface area contributed by atoms with Gasteiger partial charge in [0.05, 0.1) is 20.6 Å². The van der Waals surface area contributed by atoms with Crippen LogP contribution in [0.15, 0.2) is 47.4 Å². The number of anilines is 1. The SMILES string of the molecule is COc1ccc(OC)c(S(=O)(=O)Nc2ccc(CC(N)=O)cc2)c1. The molecule has 0 atom stereocenters. The summed E-state index contributed by atoms with van der Waals surface area (Å²) < 4.78 is 37.8. The number of hydrogen-bond donors (Lipinski definition) is 2. The van der Waals surface area contributed by atoms with E-state index >= 15 is 0 Å². The zero-order valence-corrected chi connectivity index (χ0v) is 14.1. The van der Waals surface area contributed by atoms with Crippen molar-refractivity contribution < 1.29 is 22.7 Å². The second-order valence-electron chi connectivity index (χ2n) is 4.96. The molecule has 0 radical (unpaired) electrons. The summed E-state index contributed by atoms with van der Waals surface area (Å²) in [6, 6.07) is 10.9. The van der Waals surface area contributed by atoms with E-state index in [1.165, 1.54) is 26.4 Å². The van der Waals surface area contributed by atoms with E-state index < -0.39 is 15.9 Å². The normalized spacial score (nSPS) is 10.9. The molecule has 0 unspecified atom stereocenters. The second-order valence-corrected chi connectivity index (χ2v) is 6.61. The Labute approximate surface area is 140 Å². The highest BCUT2D eigenvalue weighted by molar-refractivity contribution is 7.92. The summed E-state index contributed by atoms with van der Waals surface area (Å²) in [5.74, 6) is 0.145. The standard InChI is InChI=1S/C16H18N2O5S/c1-22-13-7-8-14(23-2)15(10-13)24(20,21)18-12-5-3-11(4-6-12)9-16(17)19/h3-8,10,18H,9H2,1-2H3,(H2,17,19). The summed E-state index contributed by atoms with van der Waals surface area (Å²) in [6.45, 7) is 0. The van der Waals surface area contributed by atoms with Gasteiger partial charge >= 0.3 is 0 Å². The number of amides is 1. The van der Waals surface area contributed by atoms with Crippen molar-refractivity contribution in [1.29, 1.82) is 0 Å². The van der Waals surface area contributed by atoms with Crippen molar-refractivity contribution in [1.82, 2.24) is 0 Å². The predicted octanol–water partition coefficient (Wildman–Crippen LogP) is 1.53. The van der Waals surface area contributed by atoms with Gasteiger partial charge in [0, 0.05) is 11.8 Å². The van der Waals surface area contributed by atoms with Gasteiger partial charge in [-0.3, -0.25) is 9.52 Å². The molecule has 24 heavy (non-hydrogen) atoms. The first-order valence-corrected chi connectivity index (χ1v) is 8.46. The average Bonchev–Trinajstić information content (AvgIpc) is 2.55. The van der Waals surface area contributed by atoms with Crippen molar-refractivity contribution in [3.63, 3.8) is 0 Å². The Kier molecular flexibility index (Phi) is 5.30. The maximum absolute atomic E-state index is 12.6. The predicted molar refractivity (Wildman–Crippen MR) is 89.7 cm³/mol. The molecule has 0 aromatic heterocycles. The molecule has 0 bridgehead atoms. The van der Waals surface area contributed by atoms with E-state index in [-0.39, 0.29) is 17.1 Å². The van der Waals surface area contributed by atoms with Crippen LogP contribution in [0.4, 0.5) is 5.69 Å². The van der Waals surface area contributed by atoms with Crippen LogP contribution in [0, 0.1) is 0 Å². The molecule has 0 fully saturated rings. The van der Waals surface area contributed by atoms with Gasteiger partial charge in [-0.2, -0.15) is 0 Å². The molecule has 0 saturated carbocycles. The summed E-state index contributed by atoms with van der Waals surface area (Å²) in [5.41, 5.74) is 6.18. The Morgan fingerprint density at radius 2 is 1.75 bits per heavy atom. The van der Waals surface area contributed by atoms with Crippen LogP contribution in [-0.2, 0) is 21.2 Å². The molecule has 0 saturated heterocycles. The van der Waals surface area contributed by atoms with Crippen LogP contribution < -0.4 is 19.9 Å². The average molecular weight is 350 g/mol. The molecule has 0 spiro atoms. The molecule has 2 aromatic rings. The number of nitrogens with one attached hydrogen (secondary N) is 1. The minimum absolute atomic E-state index is 0.0365. The number of carbonyl (C=O) groups excluding carboxylic acids is 1. The topological polar surface area (TPSA) is 108 Å². The highest BCUT2D eigenvalue weighted by atomic mass is 32.2. The van der Waals surface area contributed by atoms with Gasteiger partial charge in [0.2, 0.25) is 5.91 Å². The zero-order valence-electron chi connectivity index (χ0n) is 13.3.